The zero-order valence-corrected chi connectivity index (χ0v) is 11.9. The molecule has 2 heterocycles. The number of anilines is 1. The van der Waals surface area contributed by atoms with Gasteiger partial charge in [-0.1, -0.05) is 15.9 Å². The van der Waals surface area contributed by atoms with E-state index in [1.807, 2.05) is 12.1 Å². The Kier molecular flexibility index (Phi) is 3.31. The standard InChI is InChI=1S/C14H10BrNO4/c15-9-1-4-13-12(5-9)16(14(18)8-19-13)6-10-2-3-11(7-17)20-10/h1-5,7H,6,8H2. The second kappa shape index (κ2) is 5.13. The van der Waals surface area contributed by atoms with E-state index in [1.165, 1.54) is 0 Å². The number of fused-ring (bicyclic) bond motifs is 1. The molecule has 1 aliphatic heterocycles. The molecule has 0 radical (unpaired) electrons. The maximum atomic E-state index is 12.0. The summed E-state index contributed by atoms with van der Waals surface area (Å²) in [7, 11) is 0. The van der Waals surface area contributed by atoms with Crippen LogP contribution in [0, 0.1) is 0 Å². The number of halogens is 1. The normalized spacial score (nSPS) is 13.8. The van der Waals surface area contributed by atoms with Gasteiger partial charge in [-0.25, -0.2) is 0 Å². The Morgan fingerprint density at radius 3 is 2.90 bits per heavy atom. The summed E-state index contributed by atoms with van der Waals surface area (Å²) < 4.78 is 11.6. The predicted octanol–water partition coefficient (Wildman–Crippen LogP) is 2.78. The number of hydrogen-bond acceptors (Lipinski definition) is 4. The second-order valence-electron chi connectivity index (χ2n) is 4.30. The van der Waals surface area contributed by atoms with Crippen molar-refractivity contribution in [2.24, 2.45) is 0 Å². The van der Waals surface area contributed by atoms with E-state index >= 15 is 0 Å². The molecule has 0 N–H and O–H groups in total. The fourth-order valence-electron chi connectivity index (χ4n) is 2.05. The van der Waals surface area contributed by atoms with E-state index in [9.17, 15) is 9.59 Å². The van der Waals surface area contributed by atoms with Crippen molar-refractivity contribution in [1.82, 2.24) is 0 Å². The lowest BCUT2D eigenvalue weighted by Gasteiger charge is -2.28. The summed E-state index contributed by atoms with van der Waals surface area (Å²) in [5.41, 5.74) is 0.680. The number of nitrogens with zero attached hydrogens (tertiary/aromatic N) is 1. The third-order valence-electron chi connectivity index (χ3n) is 2.98. The van der Waals surface area contributed by atoms with Crippen LogP contribution in [0.4, 0.5) is 5.69 Å². The van der Waals surface area contributed by atoms with Gasteiger partial charge in [-0.2, -0.15) is 0 Å². The van der Waals surface area contributed by atoms with Crippen LogP contribution in [0.25, 0.3) is 0 Å². The van der Waals surface area contributed by atoms with E-state index in [4.69, 9.17) is 9.15 Å². The minimum atomic E-state index is -0.153. The van der Waals surface area contributed by atoms with Crippen LogP contribution in [0.5, 0.6) is 5.75 Å². The molecule has 1 aromatic heterocycles. The number of ether oxygens (including phenoxy) is 1. The first kappa shape index (κ1) is 12.9. The number of furan rings is 1. The molecule has 1 aliphatic rings. The number of benzene rings is 1. The van der Waals surface area contributed by atoms with Gasteiger partial charge in [-0.3, -0.25) is 14.5 Å². The lowest BCUT2D eigenvalue weighted by Crippen LogP contribution is -2.38. The van der Waals surface area contributed by atoms with Crippen molar-refractivity contribution in [3.05, 3.63) is 46.3 Å². The summed E-state index contributed by atoms with van der Waals surface area (Å²) in [5, 5.41) is 0. The van der Waals surface area contributed by atoms with E-state index in [2.05, 4.69) is 15.9 Å². The molecule has 2 aromatic rings. The monoisotopic (exact) mass is 335 g/mol. The first-order chi connectivity index (χ1) is 9.67. The quantitative estimate of drug-likeness (QED) is 0.809. The molecule has 0 atom stereocenters. The van der Waals surface area contributed by atoms with Crippen molar-refractivity contribution in [3.63, 3.8) is 0 Å². The van der Waals surface area contributed by atoms with Crippen LogP contribution in [-0.2, 0) is 11.3 Å². The Labute approximate surface area is 123 Å². The van der Waals surface area contributed by atoms with Crippen LogP contribution in [0.2, 0.25) is 0 Å². The molecule has 0 saturated heterocycles. The van der Waals surface area contributed by atoms with Gasteiger partial charge in [-0.05, 0) is 30.3 Å². The number of carbonyl (C=O) groups is 2. The van der Waals surface area contributed by atoms with Gasteiger partial charge in [0.1, 0.15) is 11.5 Å². The molecule has 1 amide bonds. The van der Waals surface area contributed by atoms with Crippen molar-refractivity contribution < 1.29 is 18.7 Å². The predicted molar refractivity (Wildman–Crippen MR) is 74.9 cm³/mol. The molecule has 3 rings (SSSR count). The Balaban J connectivity index is 1.94. The van der Waals surface area contributed by atoms with Crippen molar-refractivity contribution >= 4 is 33.8 Å². The third-order valence-corrected chi connectivity index (χ3v) is 3.47. The zero-order valence-electron chi connectivity index (χ0n) is 10.3. The Morgan fingerprint density at radius 2 is 2.15 bits per heavy atom. The molecule has 0 fully saturated rings. The average Bonchev–Trinajstić information content (AvgIpc) is 2.90. The molecule has 1 aromatic carbocycles. The third kappa shape index (κ3) is 2.34. The molecule has 0 spiro atoms. The lowest BCUT2D eigenvalue weighted by atomic mass is 10.2. The summed E-state index contributed by atoms with van der Waals surface area (Å²) >= 11 is 3.38. The molecular weight excluding hydrogens is 326 g/mol. The minimum absolute atomic E-state index is 0.00409. The Bertz CT molecular complexity index is 680. The SMILES string of the molecule is O=Cc1ccc(CN2C(=O)COc3ccc(Br)cc32)o1. The number of carbonyl (C=O) groups excluding carboxylic acids is 2. The first-order valence-corrected chi connectivity index (χ1v) is 6.73. The highest BCUT2D eigenvalue weighted by Gasteiger charge is 2.26. The van der Waals surface area contributed by atoms with Gasteiger partial charge in [0.2, 0.25) is 0 Å². The number of aldehydes is 1. The van der Waals surface area contributed by atoms with Crippen LogP contribution >= 0.6 is 15.9 Å². The van der Waals surface area contributed by atoms with Gasteiger partial charge in [0, 0.05) is 4.47 Å². The maximum Gasteiger partial charge on any atom is 0.265 e. The van der Waals surface area contributed by atoms with Gasteiger partial charge in [0.05, 0.1) is 12.2 Å². The first-order valence-electron chi connectivity index (χ1n) is 5.94. The summed E-state index contributed by atoms with van der Waals surface area (Å²) in [5.74, 6) is 1.29. The second-order valence-corrected chi connectivity index (χ2v) is 5.22. The largest absolute Gasteiger partial charge is 0.482 e. The summed E-state index contributed by atoms with van der Waals surface area (Å²) in [4.78, 5) is 24.2. The molecule has 20 heavy (non-hydrogen) atoms. The minimum Gasteiger partial charge on any atom is -0.482 e. The van der Waals surface area contributed by atoms with E-state index in [0.717, 1.165) is 4.47 Å². The number of rotatable bonds is 3. The van der Waals surface area contributed by atoms with Crippen LogP contribution in [0.15, 0.2) is 39.2 Å². The smallest absolute Gasteiger partial charge is 0.265 e. The highest BCUT2D eigenvalue weighted by Crippen LogP contribution is 2.35. The van der Waals surface area contributed by atoms with E-state index < -0.39 is 0 Å². The fourth-order valence-corrected chi connectivity index (χ4v) is 2.40. The van der Waals surface area contributed by atoms with Gasteiger partial charge < -0.3 is 9.15 Å². The van der Waals surface area contributed by atoms with Crippen molar-refractivity contribution in [2.75, 3.05) is 11.5 Å². The summed E-state index contributed by atoms with van der Waals surface area (Å²) in [6.45, 7) is 0.259. The summed E-state index contributed by atoms with van der Waals surface area (Å²) in [6.07, 6.45) is 0.634. The van der Waals surface area contributed by atoms with E-state index in [-0.39, 0.29) is 24.8 Å². The van der Waals surface area contributed by atoms with Crippen LogP contribution in [0.3, 0.4) is 0 Å². The molecular formula is C14H10BrNO4. The average molecular weight is 336 g/mol. The van der Waals surface area contributed by atoms with Crippen molar-refractivity contribution in [3.8, 4) is 5.75 Å². The molecule has 0 bridgehead atoms. The van der Waals surface area contributed by atoms with Gasteiger partial charge in [0.15, 0.2) is 18.7 Å². The highest BCUT2D eigenvalue weighted by molar-refractivity contribution is 9.10. The topological polar surface area (TPSA) is 59.8 Å². The number of amides is 1. The lowest BCUT2D eigenvalue weighted by molar-refractivity contribution is -0.121. The molecule has 102 valence electrons. The van der Waals surface area contributed by atoms with Crippen LogP contribution in [0.1, 0.15) is 16.3 Å². The highest BCUT2D eigenvalue weighted by atomic mass is 79.9. The Hall–Kier alpha value is -2.08. The van der Waals surface area contributed by atoms with Crippen molar-refractivity contribution in [1.29, 1.82) is 0 Å². The molecule has 0 unspecified atom stereocenters. The van der Waals surface area contributed by atoms with Crippen molar-refractivity contribution in [2.45, 2.75) is 6.54 Å². The molecule has 6 heteroatoms. The zero-order chi connectivity index (χ0) is 14.1. The van der Waals surface area contributed by atoms with Gasteiger partial charge >= 0.3 is 0 Å². The van der Waals surface area contributed by atoms with Crippen LogP contribution < -0.4 is 9.64 Å². The molecule has 0 saturated carbocycles. The maximum absolute atomic E-state index is 12.0. The fraction of sp³-hybridized carbons (Fsp3) is 0.143. The van der Waals surface area contributed by atoms with Gasteiger partial charge in [-0.15, -0.1) is 0 Å². The molecule has 5 nitrogen and oxygen atoms in total. The van der Waals surface area contributed by atoms with E-state index in [1.54, 1.807) is 23.1 Å². The van der Waals surface area contributed by atoms with Crippen LogP contribution in [-0.4, -0.2) is 18.8 Å². The number of hydrogen-bond donors (Lipinski definition) is 0. The molecule has 0 aliphatic carbocycles. The van der Waals surface area contributed by atoms with Gasteiger partial charge in [0.25, 0.3) is 5.91 Å². The van der Waals surface area contributed by atoms with E-state index in [0.29, 0.717) is 23.5 Å². The Morgan fingerprint density at radius 1 is 1.30 bits per heavy atom. The summed E-state index contributed by atoms with van der Waals surface area (Å²) in [6, 6.07) is 8.73.